The van der Waals surface area contributed by atoms with Crippen molar-refractivity contribution in [3.8, 4) is 0 Å². The van der Waals surface area contributed by atoms with Gasteiger partial charge in [-0.25, -0.2) is 4.79 Å². The van der Waals surface area contributed by atoms with E-state index in [4.69, 9.17) is 16.3 Å². The summed E-state index contributed by atoms with van der Waals surface area (Å²) in [6.45, 7) is 5.63. The molecule has 0 aliphatic rings. The van der Waals surface area contributed by atoms with Crippen molar-refractivity contribution in [2.24, 2.45) is 5.92 Å². The third-order valence-corrected chi connectivity index (χ3v) is 3.54. The fraction of sp³-hybridized carbons (Fsp3) is 0.471. The van der Waals surface area contributed by atoms with E-state index in [1.54, 1.807) is 24.3 Å². The first-order chi connectivity index (χ1) is 11.3. The first kappa shape index (κ1) is 20.0. The van der Waals surface area contributed by atoms with Gasteiger partial charge >= 0.3 is 12.0 Å². The van der Waals surface area contributed by atoms with E-state index in [0.717, 1.165) is 12.0 Å². The fourth-order valence-electron chi connectivity index (χ4n) is 2.14. The van der Waals surface area contributed by atoms with Gasteiger partial charge in [-0.3, -0.25) is 14.9 Å². The smallest absolute Gasteiger partial charge is 0.321 e. The van der Waals surface area contributed by atoms with Crippen LogP contribution in [0.2, 0.25) is 5.02 Å². The maximum absolute atomic E-state index is 12.3. The standard InChI is InChI=1S/C17H23ClN2O4/c1-4-9-19-17(23)20-14(21)10-24-16(22)15(11(2)3)12-5-7-13(18)8-6-12/h5-8,11,15H,4,9-10H2,1-3H3,(H2,19,20,21,23)/t15-/m1/s1. The van der Waals surface area contributed by atoms with E-state index in [1.807, 2.05) is 20.8 Å². The van der Waals surface area contributed by atoms with Gasteiger partial charge < -0.3 is 10.1 Å². The van der Waals surface area contributed by atoms with Crippen LogP contribution in [0.25, 0.3) is 0 Å². The van der Waals surface area contributed by atoms with Gasteiger partial charge in [0.15, 0.2) is 6.61 Å². The minimum Gasteiger partial charge on any atom is -0.455 e. The van der Waals surface area contributed by atoms with E-state index < -0.39 is 30.4 Å². The first-order valence-electron chi connectivity index (χ1n) is 7.85. The molecular weight excluding hydrogens is 332 g/mol. The zero-order valence-electron chi connectivity index (χ0n) is 14.1. The van der Waals surface area contributed by atoms with E-state index in [0.29, 0.717) is 11.6 Å². The van der Waals surface area contributed by atoms with E-state index >= 15 is 0 Å². The molecule has 7 heteroatoms. The predicted molar refractivity (Wildman–Crippen MR) is 91.8 cm³/mol. The highest BCUT2D eigenvalue weighted by Crippen LogP contribution is 2.27. The summed E-state index contributed by atoms with van der Waals surface area (Å²) in [6, 6.07) is 6.31. The van der Waals surface area contributed by atoms with Crippen molar-refractivity contribution in [2.75, 3.05) is 13.2 Å². The average molecular weight is 355 g/mol. The van der Waals surface area contributed by atoms with E-state index in [1.165, 1.54) is 0 Å². The summed E-state index contributed by atoms with van der Waals surface area (Å²) in [7, 11) is 0. The lowest BCUT2D eigenvalue weighted by atomic mass is 9.88. The number of imide groups is 1. The molecule has 0 aliphatic carbocycles. The lowest BCUT2D eigenvalue weighted by molar-refractivity contribution is -0.150. The Morgan fingerprint density at radius 2 is 1.79 bits per heavy atom. The Bertz CT molecular complexity index is 572. The van der Waals surface area contributed by atoms with Crippen LogP contribution in [-0.4, -0.2) is 31.1 Å². The van der Waals surface area contributed by atoms with Crippen LogP contribution in [0.15, 0.2) is 24.3 Å². The molecule has 0 spiro atoms. The molecule has 132 valence electrons. The molecule has 0 saturated carbocycles. The number of hydrogen-bond donors (Lipinski definition) is 2. The van der Waals surface area contributed by atoms with Crippen LogP contribution >= 0.6 is 11.6 Å². The highest BCUT2D eigenvalue weighted by molar-refractivity contribution is 6.30. The minimum atomic E-state index is -0.671. The normalized spacial score (nSPS) is 11.7. The number of ether oxygens (including phenoxy) is 1. The Kier molecular flexibility index (Phi) is 8.26. The number of benzene rings is 1. The molecule has 0 fully saturated rings. The molecule has 1 atom stereocenters. The Morgan fingerprint density at radius 1 is 1.17 bits per heavy atom. The van der Waals surface area contributed by atoms with Gasteiger partial charge in [0.05, 0.1) is 5.92 Å². The Balaban J connectivity index is 2.58. The van der Waals surface area contributed by atoms with Crippen molar-refractivity contribution in [3.05, 3.63) is 34.9 Å². The number of nitrogens with one attached hydrogen (secondary N) is 2. The van der Waals surface area contributed by atoms with Crippen molar-refractivity contribution in [2.45, 2.75) is 33.1 Å². The Hall–Kier alpha value is -2.08. The van der Waals surface area contributed by atoms with Crippen molar-refractivity contribution in [1.82, 2.24) is 10.6 Å². The second kappa shape index (κ2) is 9.93. The zero-order valence-corrected chi connectivity index (χ0v) is 14.9. The number of rotatable bonds is 7. The summed E-state index contributed by atoms with van der Waals surface area (Å²) < 4.78 is 5.05. The van der Waals surface area contributed by atoms with Gasteiger partial charge in [-0.1, -0.05) is 44.5 Å². The van der Waals surface area contributed by atoms with Gasteiger partial charge in [-0.15, -0.1) is 0 Å². The van der Waals surface area contributed by atoms with Crippen LogP contribution in [0.5, 0.6) is 0 Å². The van der Waals surface area contributed by atoms with E-state index in [-0.39, 0.29) is 5.92 Å². The third-order valence-electron chi connectivity index (χ3n) is 3.28. The minimum absolute atomic E-state index is 0.0189. The maximum atomic E-state index is 12.3. The summed E-state index contributed by atoms with van der Waals surface area (Å²) in [4.78, 5) is 35.3. The van der Waals surface area contributed by atoms with Gasteiger partial charge in [-0.2, -0.15) is 0 Å². The van der Waals surface area contributed by atoms with Crippen molar-refractivity contribution < 1.29 is 19.1 Å². The highest BCUT2D eigenvalue weighted by atomic mass is 35.5. The summed E-state index contributed by atoms with van der Waals surface area (Å²) in [5.74, 6) is -1.72. The highest BCUT2D eigenvalue weighted by Gasteiger charge is 2.26. The largest absolute Gasteiger partial charge is 0.455 e. The number of amides is 3. The van der Waals surface area contributed by atoms with Crippen LogP contribution in [-0.2, 0) is 14.3 Å². The monoisotopic (exact) mass is 354 g/mol. The molecule has 1 aromatic carbocycles. The summed E-state index contributed by atoms with van der Waals surface area (Å²) in [5, 5.41) is 5.18. The lowest BCUT2D eigenvalue weighted by Gasteiger charge is -2.19. The summed E-state index contributed by atoms with van der Waals surface area (Å²) in [6.07, 6.45) is 0.758. The Morgan fingerprint density at radius 3 is 2.33 bits per heavy atom. The molecule has 1 aromatic rings. The summed E-state index contributed by atoms with van der Waals surface area (Å²) in [5.41, 5.74) is 0.764. The molecule has 6 nitrogen and oxygen atoms in total. The number of halogens is 1. The molecule has 24 heavy (non-hydrogen) atoms. The molecular formula is C17H23ClN2O4. The van der Waals surface area contributed by atoms with Crippen LogP contribution in [0.1, 0.15) is 38.7 Å². The van der Waals surface area contributed by atoms with Crippen molar-refractivity contribution >= 4 is 29.5 Å². The molecule has 1 rings (SSSR count). The number of carbonyl (C=O) groups excluding carboxylic acids is 3. The zero-order chi connectivity index (χ0) is 18.1. The van der Waals surface area contributed by atoms with Gasteiger partial charge in [0.2, 0.25) is 0 Å². The second-order valence-electron chi connectivity index (χ2n) is 5.69. The lowest BCUT2D eigenvalue weighted by Crippen LogP contribution is -2.42. The van der Waals surface area contributed by atoms with Crippen LogP contribution < -0.4 is 10.6 Å². The fourth-order valence-corrected chi connectivity index (χ4v) is 2.26. The number of hydrogen-bond acceptors (Lipinski definition) is 4. The molecule has 0 unspecified atom stereocenters. The van der Waals surface area contributed by atoms with E-state index in [2.05, 4.69) is 10.6 Å². The van der Waals surface area contributed by atoms with Gasteiger partial charge in [0.25, 0.3) is 5.91 Å². The van der Waals surface area contributed by atoms with Gasteiger partial charge in [0, 0.05) is 11.6 Å². The Labute approximate surface area is 146 Å². The number of esters is 1. The molecule has 0 radical (unpaired) electrons. The molecule has 0 aromatic heterocycles. The number of urea groups is 1. The van der Waals surface area contributed by atoms with Crippen molar-refractivity contribution in [3.63, 3.8) is 0 Å². The summed E-state index contributed by atoms with van der Waals surface area (Å²) >= 11 is 5.86. The molecule has 0 bridgehead atoms. The molecule has 0 heterocycles. The molecule has 0 saturated heterocycles. The second-order valence-corrected chi connectivity index (χ2v) is 6.12. The van der Waals surface area contributed by atoms with Crippen LogP contribution in [0.4, 0.5) is 4.79 Å². The SMILES string of the molecule is CCCNC(=O)NC(=O)COC(=O)[C@@H](c1ccc(Cl)cc1)C(C)C. The molecule has 0 aliphatic heterocycles. The van der Waals surface area contributed by atoms with E-state index in [9.17, 15) is 14.4 Å². The van der Waals surface area contributed by atoms with Gasteiger partial charge in [0.1, 0.15) is 0 Å². The number of carbonyl (C=O) groups is 3. The van der Waals surface area contributed by atoms with Gasteiger partial charge in [-0.05, 0) is 30.0 Å². The third kappa shape index (κ3) is 6.58. The van der Waals surface area contributed by atoms with Crippen LogP contribution in [0.3, 0.4) is 0 Å². The average Bonchev–Trinajstić information content (AvgIpc) is 2.52. The molecule has 2 N–H and O–H groups in total. The topological polar surface area (TPSA) is 84.5 Å². The van der Waals surface area contributed by atoms with Crippen molar-refractivity contribution in [1.29, 1.82) is 0 Å². The predicted octanol–water partition coefficient (Wildman–Crippen LogP) is 2.86. The van der Waals surface area contributed by atoms with Crippen LogP contribution in [0, 0.1) is 5.92 Å². The molecule has 3 amide bonds. The quantitative estimate of drug-likeness (QED) is 0.737. The maximum Gasteiger partial charge on any atom is 0.321 e. The first-order valence-corrected chi connectivity index (χ1v) is 8.22.